The normalized spacial score (nSPS) is 10.3. The predicted molar refractivity (Wildman–Crippen MR) is 94.8 cm³/mol. The van der Waals surface area contributed by atoms with Gasteiger partial charge in [0, 0.05) is 11.1 Å². The zero-order valence-electron chi connectivity index (χ0n) is 13.4. The smallest absolute Gasteiger partial charge is 0.119 e. The highest BCUT2D eigenvalue weighted by Crippen LogP contribution is 2.23. The zero-order valence-corrected chi connectivity index (χ0v) is 13.4. The summed E-state index contributed by atoms with van der Waals surface area (Å²) in [6.45, 7) is -0.173. The maximum absolute atomic E-state index is 9.62. The summed E-state index contributed by atoms with van der Waals surface area (Å²) in [5.41, 5.74) is 3.07. The summed E-state index contributed by atoms with van der Waals surface area (Å²) < 4.78 is 5.18. The van der Waals surface area contributed by atoms with Crippen LogP contribution in [0.1, 0.15) is 22.3 Å². The highest BCUT2D eigenvalue weighted by atomic mass is 16.5. The Hall–Kier alpha value is -2.80. The van der Waals surface area contributed by atoms with Gasteiger partial charge < -0.3 is 14.9 Å². The Morgan fingerprint density at radius 1 is 0.875 bits per heavy atom. The van der Waals surface area contributed by atoms with Crippen molar-refractivity contribution in [3.05, 3.63) is 76.9 Å². The van der Waals surface area contributed by atoms with Gasteiger partial charge in [-0.15, -0.1) is 0 Å². The molecule has 0 radical (unpaired) electrons. The van der Waals surface area contributed by atoms with Crippen LogP contribution in [0.5, 0.6) is 5.75 Å². The van der Waals surface area contributed by atoms with E-state index in [9.17, 15) is 10.2 Å². The molecular formula is C21H18O3. The second-order valence-electron chi connectivity index (χ2n) is 5.41. The van der Waals surface area contributed by atoms with Crippen LogP contribution in [0, 0.1) is 11.8 Å². The lowest BCUT2D eigenvalue weighted by molar-refractivity contribution is 0.280. The van der Waals surface area contributed by atoms with Crippen molar-refractivity contribution < 1.29 is 14.9 Å². The van der Waals surface area contributed by atoms with E-state index in [1.807, 2.05) is 48.5 Å². The number of aliphatic hydroxyl groups is 2. The fraction of sp³-hybridized carbons (Fsp3) is 0.143. The lowest BCUT2D eigenvalue weighted by atomic mass is 9.99. The van der Waals surface area contributed by atoms with Gasteiger partial charge in [-0.05, 0) is 40.1 Å². The van der Waals surface area contributed by atoms with Crippen molar-refractivity contribution in [3.63, 3.8) is 0 Å². The van der Waals surface area contributed by atoms with Gasteiger partial charge >= 0.3 is 0 Å². The number of rotatable bonds is 3. The van der Waals surface area contributed by atoms with Crippen molar-refractivity contribution >= 4 is 10.8 Å². The Labute approximate surface area is 141 Å². The van der Waals surface area contributed by atoms with Crippen molar-refractivity contribution in [2.75, 3.05) is 7.11 Å². The lowest BCUT2D eigenvalue weighted by Gasteiger charge is -2.07. The molecule has 0 saturated heterocycles. The van der Waals surface area contributed by atoms with E-state index in [1.165, 1.54) is 0 Å². The molecular weight excluding hydrogens is 300 g/mol. The molecule has 0 saturated carbocycles. The summed E-state index contributed by atoms with van der Waals surface area (Å²) in [6.07, 6.45) is 0. The van der Waals surface area contributed by atoms with Gasteiger partial charge in [0.25, 0.3) is 0 Å². The highest BCUT2D eigenvalue weighted by Gasteiger charge is 2.05. The molecule has 0 aromatic heterocycles. The SMILES string of the molecule is COc1ccc(C#Cc2c(CO)ccc3ccccc23)c(CO)c1. The molecule has 0 spiro atoms. The Balaban J connectivity index is 2.13. The monoisotopic (exact) mass is 318 g/mol. The molecule has 3 aromatic rings. The number of fused-ring (bicyclic) bond motifs is 1. The van der Waals surface area contributed by atoms with Crippen LogP contribution in [-0.2, 0) is 13.2 Å². The average Bonchev–Trinajstić information content (AvgIpc) is 2.65. The minimum Gasteiger partial charge on any atom is -0.497 e. The highest BCUT2D eigenvalue weighted by molar-refractivity contribution is 5.89. The van der Waals surface area contributed by atoms with Crippen LogP contribution in [0.3, 0.4) is 0 Å². The largest absolute Gasteiger partial charge is 0.497 e. The summed E-state index contributed by atoms with van der Waals surface area (Å²) in [4.78, 5) is 0. The van der Waals surface area contributed by atoms with E-state index in [2.05, 4.69) is 11.8 Å². The third-order valence-electron chi connectivity index (χ3n) is 3.99. The lowest BCUT2D eigenvalue weighted by Crippen LogP contribution is -1.94. The zero-order chi connectivity index (χ0) is 16.9. The summed E-state index contributed by atoms with van der Waals surface area (Å²) in [5.74, 6) is 6.98. The van der Waals surface area contributed by atoms with Crippen molar-refractivity contribution in [2.24, 2.45) is 0 Å². The van der Waals surface area contributed by atoms with Crippen molar-refractivity contribution in [1.29, 1.82) is 0 Å². The van der Waals surface area contributed by atoms with Crippen LogP contribution in [0.4, 0.5) is 0 Å². The maximum Gasteiger partial charge on any atom is 0.119 e. The number of aliphatic hydroxyl groups excluding tert-OH is 2. The molecule has 0 aliphatic rings. The molecule has 0 bridgehead atoms. The molecule has 3 nitrogen and oxygen atoms in total. The minimum atomic E-state index is -0.108. The minimum absolute atomic E-state index is 0.0652. The van der Waals surface area contributed by atoms with Crippen LogP contribution >= 0.6 is 0 Å². The number of hydrogen-bond acceptors (Lipinski definition) is 3. The van der Waals surface area contributed by atoms with Crippen LogP contribution in [-0.4, -0.2) is 17.3 Å². The van der Waals surface area contributed by atoms with Gasteiger partial charge in [-0.2, -0.15) is 0 Å². The predicted octanol–water partition coefficient (Wildman–Crippen LogP) is 3.23. The van der Waals surface area contributed by atoms with E-state index >= 15 is 0 Å². The first-order valence-electron chi connectivity index (χ1n) is 7.68. The number of methoxy groups -OCH3 is 1. The first-order chi connectivity index (χ1) is 11.8. The molecule has 0 atom stereocenters. The van der Waals surface area contributed by atoms with Gasteiger partial charge in [-0.25, -0.2) is 0 Å². The quantitative estimate of drug-likeness (QED) is 0.729. The van der Waals surface area contributed by atoms with E-state index in [1.54, 1.807) is 13.2 Å². The number of ether oxygens (including phenoxy) is 1. The third-order valence-corrected chi connectivity index (χ3v) is 3.99. The van der Waals surface area contributed by atoms with Crippen molar-refractivity contribution in [3.8, 4) is 17.6 Å². The van der Waals surface area contributed by atoms with Gasteiger partial charge in [0.15, 0.2) is 0 Å². The van der Waals surface area contributed by atoms with E-state index in [4.69, 9.17) is 4.74 Å². The molecule has 120 valence electrons. The van der Waals surface area contributed by atoms with E-state index in [-0.39, 0.29) is 13.2 Å². The fourth-order valence-corrected chi connectivity index (χ4v) is 2.68. The molecule has 2 N–H and O–H groups in total. The van der Waals surface area contributed by atoms with E-state index in [0.29, 0.717) is 11.3 Å². The Morgan fingerprint density at radius 3 is 2.42 bits per heavy atom. The first kappa shape index (κ1) is 16.1. The van der Waals surface area contributed by atoms with Gasteiger partial charge in [0.2, 0.25) is 0 Å². The fourth-order valence-electron chi connectivity index (χ4n) is 2.68. The number of hydrogen-bond donors (Lipinski definition) is 2. The van der Waals surface area contributed by atoms with E-state index in [0.717, 1.165) is 27.5 Å². The molecule has 0 aliphatic heterocycles. The topological polar surface area (TPSA) is 49.7 Å². The summed E-state index contributed by atoms with van der Waals surface area (Å²) in [5, 5.41) is 21.3. The van der Waals surface area contributed by atoms with Gasteiger partial charge in [-0.1, -0.05) is 48.2 Å². The standard InChI is InChI=1S/C21H18O3/c1-24-19-10-8-15(18(12-19)14-23)9-11-21-17(13-22)7-6-16-4-2-3-5-20(16)21/h2-8,10,12,22-23H,13-14H2,1H3. The molecule has 0 amide bonds. The Bertz CT molecular complexity index is 933. The molecule has 3 aromatic carbocycles. The molecule has 24 heavy (non-hydrogen) atoms. The van der Waals surface area contributed by atoms with Crippen LogP contribution in [0.25, 0.3) is 10.8 Å². The van der Waals surface area contributed by atoms with Gasteiger partial charge in [0.1, 0.15) is 5.75 Å². The Kier molecular flexibility index (Phi) is 4.81. The number of benzene rings is 3. The van der Waals surface area contributed by atoms with Gasteiger partial charge in [-0.3, -0.25) is 0 Å². The molecule has 0 unspecified atom stereocenters. The van der Waals surface area contributed by atoms with Crippen molar-refractivity contribution in [1.82, 2.24) is 0 Å². The average molecular weight is 318 g/mol. The van der Waals surface area contributed by atoms with Crippen LogP contribution < -0.4 is 4.74 Å². The Morgan fingerprint density at radius 2 is 1.67 bits per heavy atom. The van der Waals surface area contributed by atoms with Crippen LogP contribution in [0.2, 0.25) is 0 Å². The van der Waals surface area contributed by atoms with Crippen LogP contribution in [0.15, 0.2) is 54.6 Å². The maximum atomic E-state index is 9.62. The first-order valence-corrected chi connectivity index (χ1v) is 7.68. The molecule has 0 aliphatic carbocycles. The summed E-state index contributed by atoms with van der Waals surface area (Å²) in [7, 11) is 1.59. The molecule has 3 heteroatoms. The van der Waals surface area contributed by atoms with Crippen molar-refractivity contribution in [2.45, 2.75) is 13.2 Å². The summed E-state index contributed by atoms with van der Waals surface area (Å²) >= 11 is 0. The van der Waals surface area contributed by atoms with Gasteiger partial charge in [0.05, 0.1) is 20.3 Å². The summed E-state index contributed by atoms with van der Waals surface area (Å²) in [6, 6.07) is 17.3. The molecule has 0 heterocycles. The molecule has 0 fully saturated rings. The second kappa shape index (κ2) is 7.18. The van der Waals surface area contributed by atoms with E-state index < -0.39 is 0 Å². The second-order valence-corrected chi connectivity index (χ2v) is 5.41. The third kappa shape index (κ3) is 3.11. The molecule has 3 rings (SSSR count).